The van der Waals surface area contributed by atoms with E-state index in [1.165, 1.54) is 45.6 Å². The monoisotopic (exact) mass is 480 g/mol. The normalized spacial score (nSPS) is 18.6. The molecule has 182 valence electrons. The summed E-state index contributed by atoms with van der Waals surface area (Å²) in [7, 11) is 2.84. The van der Waals surface area contributed by atoms with Crippen molar-refractivity contribution in [1.82, 2.24) is 9.78 Å². The fourth-order valence-electron chi connectivity index (χ4n) is 3.90. The summed E-state index contributed by atoms with van der Waals surface area (Å²) >= 11 is 0. The van der Waals surface area contributed by atoms with E-state index >= 15 is 0 Å². The Labute approximate surface area is 192 Å². The zero-order valence-corrected chi connectivity index (χ0v) is 18.5. The number of rotatable bonds is 6. The Bertz CT molecular complexity index is 1170. The molecular formula is C22H23F3N4O5. The van der Waals surface area contributed by atoms with Crippen LogP contribution in [0, 0.1) is 0 Å². The smallest absolute Gasteiger partial charge is 0.410 e. The van der Waals surface area contributed by atoms with Gasteiger partial charge in [-0.05, 0) is 25.1 Å². The van der Waals surface area contributed by atoms with Gasteiger partial charge in [0.15, 0.2) is 23.2 Å². The van der Waals surface area contributed by atoms with E-state index in [0.29, 0.717) is 22.8 Å². The largest absolute Gasteiger partial charge is 0.493 e. The Balaban J connectivity index is 1.67. The highest BCUT2D eigenvalue weighted by molar-refractivity contribution is 6.04. The van der Waals surface area contributed by atoms with Crippen LogP contribution in [0.3, 0.4) is 0 Å². The average molecular weight is 480 g/mol. The molecule has 0 aliphatic carbocycles. The van der Waals surface area contributed by atoms with Crippen LogP contribution in [0.1, 0.15) is 53.3 Å². The highest BCUT2D eigenvalue weighted by atomic mass is 19.4. The minimum absolute atomic E-state index is 0.0307. The molecule has 1 aromatic carbocycles. The second kappa shape index (κ2) is 8.93. The first-order valence-corrected chi connectivity index (χ1v) is 10.3. The van der Waals surface area contributed by atoms with Crippen molar-refractivity contribution >= 4 is 17.4 Å². The summed E-state index contributed by atoms with van der Waals surface area (Å²) in [6, 6.07) is 4.69. The van der Waals surface area contributed by atoms with Crippen LogP contribution in [-0.2, 0) is 0 Å². The number of alkyl halides is 3. The number of benzene rings is 1. The molecule has 2 aromatic heterocycles. The van der Waals surface area contributed by atoms with Crippen LogP contribution in [0.2, 0.25) is 0 Å². The third-order valence-electron chi connectivity index (χ3n) is 5.56. The van der Waals surface area contributed by atoms with E-state index in [4.69, 9.17) is 13.9 Å². The molecule has 0 spiro atoms. The predicted molar refractivity (Wildman–Crippen MR) is 115 cm³/mol. The van der Waals surface area contributed by atoms with Crippen molar-refractivity contribution in [2.45, 2.75) is 37.7 Å². The van der Waals surface area contributed by atoms with Gasteiger partial charge in [-0.25, -0.2) is 4.68 Å². The molecule has 1 unspecified atom stereocenters. The molecule has 0 bridgehead atoms. The molecule has 0 radical (unpaired) electrons. The van der Waals surface area contributed by atoms with Crippen LogP contribution in [0.25, 0.3) is 0 Å². The second-order valence-corrected chi connectivity index (χ2v) is 7.79. The maximum atomic E-state index is 13.8. The molecular weight excluding hydrogens is 457 g/mol. The number of amides is 1. The van der Waals surface area contributed by atoms with E-state index in [-0.39, 0.29) is 23.6 Å². The van der Waals surface area contributed by atoms with Gasteiger partial charge in [0.05, 0.1) is 38.3 Å². The van der Waals surface area contributed by atoms with Crippen molar-refractivity contribution in [2.75, 3.05) is 24.9 Å². The predicted octanol–water partition coefficient (Wildman–Crippen LogP) is 4.46. The van der Waals surface area contributed by atoms with Gasteiger partial charge in [-0.15, -0.1) is 0 Å². The Hall–Kier alpha value is -3.67. The van der Waals surface area contributed by atoms with Crippen molar-refractivity contribution in [3.63, 3.8) is 0 Å². The van der Waals surface area contributed by atoms with E-state index in [2.05, 4.69) is 15.7 Å². The first-order valence-electron chi connectivity index (χ1n) is 10.3. The number of aliphatic hydroxyl groups is 1. The summed E-state index contributed by atoms with van der Waals surface area (Å²) in [5, 5.41) is 19.6. The highest BCUT2D eigenvalue weighted by Crippen LogP contribution is 2.44. The lowest BCUT2D eigenvalue weighted by molar-refractivity contribution is -0.174. The van der Waals surface area contributed by atoms with Gasteiger partial charge in [-0.3, -0.25) is 4.79 Å². The van der Waals surface area contributed by atoms with E-state index in [1.807, 2.05) is 0 Å². The average Bonchev–Trinajstić information content (AvgIpc) is 3.47. The third-order valence-corrected chi connectivity index (χ3v) is 5.56. The number of aromatic nitrogens is 2. The van der Waals surface area contributed by atoms with Crippen LogP contribution in [0.4, 0.5) is 24.7 Å². The van der Waals surface area contributed by atoms with Crippen LogP contribution >= 0.6 is 0 Å². The molecule has 1 aliphatic heterocycles. The summed E-state index contributed by atoms with van der Waals surface area (Å²) < 4.78 is 57.9. The van der Waals surface area contributed by atoms with Gasteiger partial charge in [0.25, 0.3) is 5.91 Å². The first-order chi connectivity index (χ1) is 16.1. The summed E-state index contributed by atoms with van der Waals surface area (Å²) in [6.45, 7) is 1.50. The van der Waals surface area contributed by atoms with Gasteiger partial charge in [-0.1, -0.05) is 0 Å². The van der Waals surface area contributed by atoms with E-state index in [9.17, 15) is 23.1 Å². The second-order valence-electron chi connectivity index (χ2n) is 7.79. The molecule has 12 heteroatoms. The first kappa shape index (κ1) is 23.5. The van der Waals surface area contributed by atoms with Gasteiger partial charge in [-0.2, -0.15) is 18.3 Å². The van der Waals surface area contributed by atoms with Crippen LogP contribution in [0.5, 0.6) is 11.5 Å². The lowest BCUT2D eigenvalue weighted by Gasteiger charge is -2.32. The number of halogens is 3. The van der Waals surface area contributed by atoms with Crippen LogP contribution in [0.15, 0.2) is 41.0 Å². The summed E-state index contributed by atoms with van der Waals surface area (Å²) in [5.74, 6) is 0.262. The number of ether oxygens (including phenoxy) is 2. The number of hydrogen-bond donors (Lipinski definition) is 3. The van der Waals surface area contributed by atoms with Gasteiger partial charge >= 0.3 is 6.18 Å². The number of hydrogen-bond acceptors (Lipinski definition) is 7. The van der Waals surface area contributed by atoms with Crippen LogP contribution < -0.4 is 20.1 Å². The van der Waals surface area contributed by atoms with Crippen LogP contribution in [-0.4, -0.2) is 41.2 Å². The van der Waals surface area contributed by atoms with Gasteiger partial charge in [0.2, 0.25) is 0 Å². The van der Waals surface area contributed by atoms with Gasteiger partial charge in [0.1, 0.15) is 11.6 Å². The third kappa shape index (κ3) is 4.40. The Morgan fingerprint density at radius 2 is 2.00 bits per heavy atom. The number of nitrogens with zero attached hydrogens (tertiary/aromatic N) is 2. The molecule has 4 rings (SSSR count). The van der Waals surface area contributed by atoms with Gasteiger partial charge < -0.3 is 29.6 Å². The molecule has 0 saturated carbocycles. The number of fused-ring (bicyclic) bond motifs is 1. The summed E-state index contributed by atoms with van der Waals surface area (Å²) in [6.07, 6.45) is -4.54. The molecule has 3 atom stereocenters. The number of carbonyl (C=O) groups is 1. The number of methoxy groups -OCH3 is 2. The standard InChI is InChI=1S/C22H23F3N4O5/c1-11(30)12-7-17(32-2)18(33-3)8-13(12)27-21(31)15-10-20-26-14(16-5-4-6-34-16)9-19(22(23,24)25)29(20)28-15/h4-8,10-11,14,19,26,30H,9H2,1-3H3,(H,27,31)/t11?,14-,19+/m1/s1. The minimum atomic E-state index is -4.59. The van der Waals surface area contributed by atoms with Crippen molar-refractivity contribution < 1.29 is 37.0 Å². The zero-order chi connectivity index (χ0) is 24.6. The molecule has 3 heterocycles. The number of nitrogens with one attached hydrogen (secondary N) is 2. The fourth-order valence-corrected chi connectivity index (χ4v) is 3.90. The lowest BCUT2D eigenvalue weighted by atomic mass is 10.0. The topological polar surface area (TPSA) is 111 Å². The number of furan rings is 1. The molecule has 3 aromatic rings. The Kier molecular flexibility index (Phi) is 6.17. The van der Waals surface area contributed by atoms with Crippen molar-refractivity contribution in [1.29, 1.82) is 0 Å². The lowest BCUT2D eigenvalue weighted by Crippen LogP contribution is -2.35. The molecule has 0 saturated heterocycles. The Morgan fingerprint density at radius 1 is 1.29 bits per heavy atom. The van der Waals surface area contributed by atoms with E-state index < -0.39 is 30.3 Å². The van der Waals surface area contributed by atoms with Gasteiger partial charge in [0, 0.05) is 24.1 Å². The maximum Gasteiger partial charge on any atom is 0.410 e. The maximum absolute atomic E-state index is 13.8. The molecule has 34 heavy (non-hydrogen) atoms. The van der Waals surface area contributed by atoms with Crippen molar-refractivity contribution in [3.8, 4) is 11.5 Å². The van der Waals surface area contributed by atoms with Crippen molar-refractivity contribution in [2.24, 2.45) is 0 Å². The van der Waals surface area contributed by atoms with E-state index in [1.54, 1.807) is 12.1 Å². The summed E-state index contributed by atoms with van der Waals surface area (Å²) in [5.41, 5.74) is 0.305. The number of carbonyl (C=O) groups excluding carboxylic acids is 1. The number of aliphatic hydroxyl groups excluding tert-OH is 1. The molecule has 0 fully saturated rings. The quantitative estimate of drug-likeness (QED) is 0.478. The highest BCUT2D eigenvalue weighted by Gasteiger charge is 2.47. The van der Waals surface area contributed by atoms with E-state index in [0.717, 1.165) is 4.68 Å². The minimum Gasteiger partial charge on any atom is -0.493 e. The molecule has 1 aliphatic rings. The molecule has 3 N–H and O–H groups in total. The Morgan fingerprint density at radius 3 is 2.59 bits per heavy atom. The molecule has 1 amide bonds. The molecule has 9 nitrogen and oxygen atoms in total. The SMILES string of the molecule is COc1cc(NC(=O)c2cc3n(n2)[C@H](C(F)(F)F)C[C@H](c2ccco2)N3)c(C(C)O)cc1OC. The summed E-state index contributed by atoms with van der Waals surface area (Å²) in [4.78, 5) is 13.0. The van der Waals surface area contributed by atoms with Crippen molar-refractivity contribution in [3.05, 3.63) is 53.6 Å². The number of anilines is 2. The zero-order valence-electron chi connectivity index (χ0n) is 18.5. The fraction of sp³-hybridized carbons (Fsp3) is 0.364.